The van der Waals surface area contributed by atoms with Gasteiger partial charge >= 0.3 is 0 Å². The Balaban J connectivity index is 0. The number of ether oxygens (including phenoxy) is 1. The largest absolute Gasteiger partial charge is 0.481 e. The Bertz CT molecular complexity index is 314. The highest BCUT2D eigenvalue weighted by Gasteiger charge is 2.12. The molecule has 4 heteroatoms. The van der Waals surface area contributed by atoms with Crippen LogP contribution in [0.4, 0.5) is 5.82 Å². The number of nitrogens with zero attached hydrogens (tertiary/aromatic N) is 2. The molecule has 0 aliphatic carbocycles. The summed E-state index contributed by atoms with van der Waals surface area (Å²) >= 11 is 0. The van der Waals surface area contributed by atoms with Crippen LogP contribution in [0, 0.1) is 0 Å². The Kier molecular flexibility index (Phi) is 11.5. The zero-order chi connectivity index (χ0) is 14.7. The van der Waals surface area contributed by atoms with Gasteiger partial charge in [0.15, 0.2) is 0 Å². The Hall–Kier alpha value is -1.29. The van der Waals surface area contributed by atoms with Crippen LogP contribution in [0.1, 0.15) is 46.2 Å². The molecule has 4 nitrogen and oxygen atoms in total. The predicted octanol–water partition coefficient (Wildman–Crippen LogP) is 3.35. The van der Waals surface area contributed by atoms with Crippen LogP contribution in [0.2, 0.25) is 0 Å². The molecule has 0 bridgehead atoms. The lowest BCUT2D eigenvalue weighted by Gasteiger charge is -2.21. The average molecular weight is 255 g/mol. The van der Waals surface area contributed by atoms with Gasteiger partial charge in [0.25, 0.3) is 0 Å². The van der Waals surface area contributed by atoms with Crippen molar-refractivity contribution < 1.29 is 4.74 Å². The van der Waals surface area contributed by atoms with Crippen LogP contribution in [0.15, 0.2) is 12.1 Å². The number of hydrogen-bond acceptors (Lipinski definition) is 4. The molecule has 1 aromatic heterocycles. The minimum absolute atomic E-state index is 0.258. The normalized spacial score (nSPS) is 10.7. The van der Waals surface area contributed by atoms with E-state index in [1.165, 1.54) is 0 Å². The fraction of sp³-hybridized carbons (Fsp3) is 0.643. The highest BCUT2D eigenvalue weighted by molar-refractivity contribution is 5.43. The summed E-state index contributed by atoms with van der Waals surface area (Å²) in [5.41, 5.74) is 6.84. The van der Waals surface area contributed by atoms with Crippen molar-refractivity contribution >= 4 is 5.82 Å². The molecule has 0 aromatic carbocycles. The second kappa shape index (κ2) is 10.8. The van der Waals surface area contributed by atoms with Crippen molar-refractivity contribution in [2.24, 2.45) is 0 Å². The molecule has 0 fully saturated rings. The topological polar surface area (TPSA) is 51.4 Å². The summed E-state index contributed by atoms with van der Waals surface area (Å²) in [7, 11) is 5.60. The van der Waals surface area contributed by atoms with Crippen LogP contribution in [-0.2, 0) is 0 Å². The zero-order valence-electron chi connectivity index (χ0n) is 13.1. The maximum atomic E-state index is 5.82. The van der Waals surface area contributed by atoms with Crippen molar-refractivity contribution in [3.05, 3.63) is 17.7 Å². The third-order valence-corrected chi connectivity index (χ3v) is 2.37. The fourth-order valence-electron chi connectivity index (χ4n) is 1.21. The molecule has 0 saturated heterocycles. The molecular weight excluding hydrogens is 226 g/mol. The second-order valence-corrected chi connectivity index (χ2v) is 3.47. The SMILES string of the molecule is CC.CC.COc1ccc(C(C)N(C)C)c(N)n1. The smallest absolute Gasteiger partial charge is 0.214 e. The summed E-state index contributed by atoms with van der Waals surface area (Å²) in [5.74, 6) is 1.09. The third-order valence-electron chi connectivity index (χ3n) is 2.37. The van der Waals surface area contributed by atoms with Crippen molar-refractivity contribution in [3.63, 3.8) is 0 Å². The number of nitrogens with two attached hydrogens (primary N) is 1. The maximum Gasteiger partial charge on any atom is 0.214 e. The number of hydrogen-bond donors (Lipinski definition) is 1. The molecule has 0 radical (unpaired) electrons. The number of nitrogen functional groups attached to an aromatic ring is 1. The van der Waals surface area contributed by atoms with E-state index in [4.69, 9.17) is 10.5 Å². The van der Waals surface area contributed by atoms with Gasteiger partial charge in [0.2, 0.25) is 5.88 Å². The third kappa shape index (κ3) is 5.87. The van der Waals surface area contributed by atoms with E-state index in [9.17, 15) is 0 Å². The van der Waals surface area contributed by atoms with E-state index < -0.39 is 0 Å². The van der Waals surface area contributed by atoms with Gasteiger partial charge in [-0.05, 0) is 27.1 Å². The van der Waals surface area contributed by atoms with E-state index in [0.29, 0.717) is 11.7 Å². The Morgan fingerprint density at radius 1 is 1.17 bits per heavy atom. The number of aromatic nitrogens is 1. The first-order chi connectivity index (χ1) is 8.56. The maximum absolute atomic E-state index is 5.82. The van der Waals surface area contributed by atoms with Gasteiger partial charge in [0, 0.05) is 17.7 Å². The van der Waals surface area contributed by atoms with E-state index in [1.807, 2.05) is 53.9 Å². The molecule has 1 rings (SSSR count). The van der Waals surface area contributed by atoms with Crippen molar-refractivity contribution in [2.75, 3.05) is 26.9 Å². The standard InChI is InChI=1S/C10H17N3O.2C2H6/c1-7(13(2)3)8-5-6-9(14-4)12-10(8)11;2*1-2/h5-7H,1-4H3,(H2,11,12);2*1-2H3. The first-order valence-corrected chi connectivity index (χ1v) is 6.53. The lowest BCUT2D eigenvalue weighted by atomic mass is 10.1. The summed E-state index contributed by atoms with van der Waals surface area (Å²) in [6, 6.07) is 4.03. The number of methoxy groups -OCH3 is 1. The lowest BCUT2D eigenvalue weighted by molar-refractivity contribution is 0.320. The molecule has 0 aliphatic heterocycles. The minimum Gasteiger partial charge on any atom is -0.481 e. The van der Waals surface area contributed by atoms with Gasteiger partial charge in [-0.15, -0.1) is 0 Å². The minimum atomic E-state index is 0.258. The van der Waals surface area contributed by atoms with Gasteiger partial charge in [0.1, 0.15) is 5.82 Å². The fourth-order valence-corrected chi connectivity index (χ4v) is 1.21. The Labute approximate surface area is 112 Å². The summed E-state index contributed by atoms with van der Waals surface area (Å²) in [5, 5.41) is 0. The monoisotopic (exact) mass is 255 g/mol. The molecule has 0 amide bonds. The zero-order valence-corrected chi connectivity index (χ0v) is 13.1. The predicted molar refractivity (Wildman–Crippen MR) is 80.0 cm³/mol. The Morgan fingerprint density at radius 2 is 1.67 bits per heavy atom. The van der Waals surface area contributed by atoms with Gasteiger partial charge in [-0.3, -0.25) is 0 Å². The van der Waals surface area contributed by atoms with Gasteiger partial charge < -0.3 is 15.4 Å². The van der Waals surface area contributed by atoms with Crippen molar-refractivity contribution in [2.45, 2.75) is 40.7 Å². The summed E-state index contributed by atoms with van der Waals surface area (Å²) in [6.07, 6.45) is 0. The van der Waals surface area contributed by atoms with E-state index >= 15 is 0 Å². The lowest BCUT2D eigenvalue weighted by Crippen LogP contribution is -2.18. The van der Waals surface area contributed by atoms with Gasteiger partial charge in [0.05, 0.1) is 7.11 Å². The van der Waals surface area contributed by atoms with Crippen LogP contribution < -0.4 is 10.5 Å². The van der Waals surface area contributed by atoms with Crippen molar-refractivity contribution in [3.8, 4) is 5.88 Å². The average Bonchev–Trinajstić information content (AvgIpc) is 2.42. The molecule has 0 aliphatic rings. The first kappa shape index (κ1) is 19.1. The van der Waals surface area contributed by atoms with Crippen LogP contribution in [0.5, 0.6) is 5.88 Å². The van der Waals surface area contributed by atoms with Gasteiger partial charge in [-0.2, -0.15) is 4.98 Å². The summed E-state index contributed by atoms with van der Waals surface area (Å²) in [4.78, 5) is 6.21. The van der Waals surface area contributed by atoms with Gasteiger partial charge in [-0.25, -0.2) is 0 Å². The molecule has 1 atom stereocenters. The molecule has 1 aromatic rings. The van der Waals surface area contributed by atoms with Crippen LogP contribution in [0.3, 0.4) is 0 Å². The summed E-state index contributed by atoms with van der Waals surface area (Å²) in [6.45, 7) is 10.1. The highest BCUT2D eigenvalue weighted by Crippen LogP contribution is 2.24. The molecule has 0 spiro atoms. The van der Waals surface area contributed by atoms with Gasteiger partial charge in [-0.1, -0.05) is 27.7 Å². The molecular formula is C14H29N3O. The van der Waals surface area contributed by atoms with Crippen molar-refractivity contribution in [1.82, 2.24) is 9.88 Å². The molecule has 106 valence electrons. The molecule has 1 unspecified atom stereocenters. The van der Waals surface area contributed by atoms with E-state index in [2.05, 4.69) is 16.8 Å². The van der Waals surface area contributed by atoms with Crippen LogP contribution in [0.25, 0.3) is 0 Å². The quantitative estimate of drug-likeness (QED) is 0.900. The van der Waals surface area contributed by atoms with Crippen molar-refractivity contribution in [1.29, 1.82) is 0 Å². The second-order valence-electron chi connectivity index (χ2n) is 3.47. The van der Waals surface area contributed by atoms with Crippen LogP contribution >= 0.6 is 0 Å². The number of anilines is 1. The number of rotatable bonds is 3. The summed E-state index contributed by atoms with van der Waals surface area (Å²) < 4.78 is 4.99. The van der Waals surface area contributed by atoms with E-state index in [0.717, 1.165) is 5.56 Å². The molecule has 1 heterocycles. The van der Waals surface area contributed by atoms with E-state index in [-0.39, 0.29) is 6.04 Å². The Morgan fingerprint density at radius 3 is 2.00 bits per heavy atom. The molecule has 18 heavy (non-hydrogen) atoms. The van der Waals surface area contributed by atoms with E-state index in [1.54, 1.807) is 7.11 Å². The molecule has 2 N–H and O–H groups in total. The number of pyridine rings is 1. The highest BCUT2D eigenvalue weighted by atomic mass is 16.5. The first-order valence-electron chi connectivity index (χ1n) is 6.53. The molecule has 0 saturated carbocycles. The van der Waals surface area contributed by atoms with Crippen LogP contribution in [-0.4, -0.2) is 31.1 Å².